The van der Waals surface area contributed by atoms with Gasteiger partial charge in [0.1, 0.15) is 5.41 Å². The fourth-order valence-corrected chi connectivity index (χ4v) is 3.33. The molecular formula is C18H24Cl2N2O2. The van der Waals surface area contributed by atoms with E-state index < -0.39 is 5.41 Å². The molecule has 1 aromatic rings. The van der Waals surface area contributed by atoms with Crippen molar-refractivity contribution < 1.29 is 9.59 Å². The smallest absolute Gasteiger partial charge is 0.239 e. The SMILES string of the molecule is CC(C)(C(=O)Nc1cc(Cl)cc(Cl)c1)C(=O)NC1CCCCCC1. The van der Waals surface area contributed by atoms with E-state index in [2.05, 4.69) is 10.6 Å². The monoisotopic (exact) mass is 370 g/mol. The quantitative estimate of drug-likeness (QED) is 0.590. The van der Waals surface area contributed by atoms with Gasteiger partial charge in [0.15, 0.2) is 0 Å². The Bertz CT molecular complexity index is 589. The van der Waals surface area contributed by atoms with Gasteiger partial charge in [0.05, 0.1) is 0 Å². The number of rotatable bonds is 4. The number of carbonyl (C=O) groups is 2. The summed E-state index contributed by atoms with van der Waals surface area (Å²) in [6.07, 6.45) is 6.63. The number of nitrogens with one attached hydrogen (secondary N) is 2. The molecule has 24 heavy (non-hydrogen) atoms. The summed E-state index contributed by atoms with van der Waals surface area (Å²) in [4.78, 5) is 25.1. The summed E-state index contributed by atoms with van der Waals surface area (Å²) >= 11 is 11.9. The lowest BCUT2D eigenvalue weighted by Crippen LogP contribution is -2.48. The Balaban J connectivity index is 2.01. The highest BCUT2D eigenvalue weighted by Crippen LogP contribution is 2.26. The molecule has 0 radical (unpaired) electrons. The first-order chi connectivity index (χ1) is 11.3. The molecule has 2 rings (SSSR count). The van der Waals surface area contributed by atoms with Crippen molar-refractivity contribution >= 4 is 40.7 Å². The topological polar surface area (TPSA) is 58.2 Å². The third kappa shape index (κ3) is 5.12. The zero-order valence-electron chi connectivity index (χ0n) is 14.1. The van der Waals surface area contributed by atoms with E-state index >= 15 is 0 Å². The van der Waals surface area contributed by atoms with Gasteiger partial charge in [-0.25, -0.2) is 0 Å². The van der Waals surface area contributed by atoms with Crippen LogP contribution >= 0.6 is 23.2 Å². The Morgan fingerprint density at radius 2 is 1.50 bits per heavy atom. The highest BCUT2D eigenvalue weighted by atomic mass is 35.5. The van der Waals surface area contributed by atoms with E-state index in [-0.39, 0.29) is 17.9 Å². The van der Waals surface area contributed by atoms with Gasteiger partial charge in [-0.05, 0) is 44.9 Å². The molecule has 1 aliphatic rings. The molecule has 4 nitrogen and oxygen atoms in total. The van der Waals surface area contributed by atoms with Crippen molar-refractivity contribution in [2.24, 2.45) is 5.41 Å². The fourth-order valence-electron chi connectivity index (χ4n) is 2.81. The van der Waals surface area contributed by atoms with Crippen LogP contribution in [0.25, 0.3) is 0 Å². The lowest BCUT2D eigenvalue weighted by molar-refractivity contribution is -0.138. The predicted molar refractivity (Wildman–Crippen MR) is 98.5 cm³/mol. The molecule has 0 heterocycles. The van der Waals surface area contributed by atoms with E-state index in [9.17, 15) is 9.59 Å². The highest BCUT2D eigenvalue weighted by molar-refractivity contribution is 6.35. The molecule has 0 saturated heterocycles. The van der Waals surface area contributed by atoms with Crippen LogP contribution in [0.3, 0.4) is 0 Å². The minimum absolute atomic E-state index is 0.160. The Morgan fingerprint density at radius 1 is 0.958 bits per heavy atom. The molecule has 0 spiro atoms. The number of hydrogen-bond donors (Lipinski definition) is 2. The number of amides is 2. The van der Waals surface area contributed by atoms with Crippen LogP contribution in [0.15, 0.2) is 18.2 Å². The van der Waals surface area contributed by atoms with Crippen LogP contribution in [0.2, 0.25) is 10.0 Å². The van der Waals surface area contributed by atoms with Gasteiger partial charge in [0, 0.05) is 21.8 Å². The fraction of sp³-hybridized carbons (Fsp3) is 0.556. The lowest BCUT2D eigenvalue weighted by atomic mass is 9.90. The standard InChI is InChI=1S/C18H24Cl2N2O2/c1-18(2,16(23)21-14-7-5-3-4-6-8-14)17(24)22-15-10-12(19)9-13(20)11-15/h9-11,14H,3-8H2,1-2H3,(H,21,23)(H,22,24). The van der Waals surface area contributed by atoms with Gasteiger partial charge in [-0.15, -0.1) is 0 Å². The second kappa shape index (κ2) is 8.21. The summed E-state index contributed by atoms with van der Waals surface area (Å²) < 4.78 is 0. The van der Waals surface area contributed by atoms with Crippen molar-refractivity contribution in [3.8, 4) is 0 Å². The molecule has 1 saturated carbocycles. The van der Waals surface area contributed by atoms with Gasteiger partial charge in [-0.3, -0.25) is 9.59 Å². The minimum atomic E-state index is -1.18. The first-order valence-corrected chi connectivity index (χ1v) is 9.13. The Kier molecular flexibility index (Phi) is 6.53. The van der Waals surface area contributed by atoms with Crippen LogP contribution < -0.4 is 10.6 Å². The summed E-state index contributed by atoms with van der Waals surface area (Å²) in [5.74, 6) is -0.632. The van der Waals surface area contributed by atoms with Crippen LogP contribution in [-0.2, 0) is 9.59 Å². The van der Waals surface area contributed by atoms with E-state index in [0.29, 0.717) is 15.7 Å². The molecule has 0 unspecified atom stereocenters. The lowest BCUT2D eigenvalue weighted by Gasteiger charge is -2.26. The summed E-state index contributed by atoms with van der Waals surface area (Å²) in [7, 11) is 0. The van der Waals surface area contributed by atoms with E-state index in [4.69, 9.17) is 23.2 Å². The number of benzene rings is 1. The summed E-state index contributed by atoms with van der Waals surface area (Å²) in [5, 5.41) is 6.62. The third-order valence-electron chi connectivity index (χ3n) is 4.45. The van der Waals surface area contributed by atoms with Crippen molar-refractivity contribution in [3.05, 3.63) is 28.2 Å². The average Bonchev–Trinajstić information content (AvgIpc) is 2.74. The Labute approximate surface area is 153 Å². The van der Waals surface area contributed by atoms with Crippen molar-refractivity contribution in [1.29, 1.82) is 0 Å². The largest absolute Gasteiger partial charge is 0.352 e. The predicted octanol–water partition coefficient (Wildman–Crippen LogP) is 4.80. The maximum Gasteiger partial charge on any atom is 0.239 e. The zero-order chi connectivity index (χ0) is 17.7. The van der Waals surface area contributed by atoms with Gasteiger partial charge in [-0.1, -0.05) is 48.9 Å². The van der Waals surface area contributed by atoms with Gasteiger partial charge >= 0.3 is 0 Å². The van der Waals surface area contributed by atoms with Gasteiger partial charge < -0.3 is 10.6 Å². The van der Waals surface area contributed by atoms with E-state index in [1.54, 1.807) is 32.0 Å². The van der Waals surface area contributed by atoms with Crippen molar-refractivity contribution in [1.82, 2.24) is 5.32 Å². The molecule has 1 fully saturated rings. The molecule has 0 atom stereocenters. The zero-order valence-corrected chi connectivity index (χ0v) is 15.6. The number of anilines is 1. The van der Waals surface area contributed by atoms with Crippen molar-refractivity contribution in [2.75, 3.05) is 5.32 Å². The first kappa shape index (κ1) is 19.1. The number of halogens is 2. The third-order valence-corrected chi connectivity index (χ3v) is 4.88. The Morgan fingerprint density at radius 3 is 2.04 bits per heavy atom. The minimum Gasteiger partial charge on any atom is -0.352 e. The molecule has 0 aromatic heterocycles. The van der Waals surface area contributed by atoms with E-state index in [0.717, 1.165) is 25.7 Å². The van der Waals surface area contributed by atoms with Crippen LogP contribution in [0.5, 0.6) is 0 Å². The molecule has 2 amide bonds. The van der Waals surface area contributed by atoms with E-state index in [1.165, 1.54) is 12.8 Å². The van der Waals surface area contributed by atoms with Crippen molar-refractivity contribution in [2.45, 2.75) is 58.4 Å². The van der Waals surface area contributed by atoms with Gasteiger partial charge in [0.25, 0.3) is 0 Å². The normalized spacial score (nSPS) is 16.3. The summed E-state index contributed by atoms with van der Waals surface area (Å²) in [5.41, 5.74) is -0.700. The van der Waals surface area contributed by atoms with Crippen LogP contribution in [0.4, 0.5) is 5.69 Å². The molecule has 1 aliphatic carbocycles. The summed E-state index contributed by atoms with van der Waals surface area (Å²) in [6, 6.07) is 4.95. The van der Waals surface area contributed by atoms with Crippen molar-refractivity contribution in [3.63, 3.8) is 0 Å². The average molecular weight is 371 g/mol. The first-order valence-electron chi connectivity index (χ1n) is 8.37. The highest BCUT2D eigenvalue weighted by Gasteiger charge is 2.37. The maximum atomic E-state index is 12.6. The van der Waals surface area contributed by atoms with Crippen LogP contribution in [-0.4, -0.2) is 17.9 Å². The van der Waals surface area contributed by atoms with Crippen LogP contribution in [0.1, 0.15) is 52.4 Å². The number of carbonyl (C=O) groups excluding carboxylic acids is 2. The van der Waals surface area contributed by atoms with Gasteiger partial charge in [0.2, 0.25) is 11.8 Å². The molecule has 2 N–H and O–H groups in total. The molecule has 6 heteroatoms. The Hall–Kier alpha value is -1.26. The van der Waals surface area contributed by atoms with E-state index in [1.807, 2.05) is 0 Å². The van der Waals surface area contributed by atoms with Gasteiger partial charge in [-0.2, -0.15) is 0 Å². The second-order valence-corrected chi connectivity index (χ2v) is 7.77. The molecule has 0 aliphatic heterocycles. The maximum absolute atomic E-state index is 12.6. The molecular weight excluding hydrogens is 347 g/mol. The summed E-state index contributed by atoms with van der Waals surface area (Å²) in [6.45, 7) is 3.25. The van der Waals surface area contributed by atoms with Crippen LogP contribution in [0, 0.1) is 5.41 Å². The molecule has 0 bridgehead atoms. The molecule has 132 valence electrons. The molecule has 1 aromatic carbocycles. The second-order valence-electron chi connectivity index (χ2n) is 6.90. The number of hydrogen-bond acceptors (Lipinski definition) is 2.